The number of hydrogen-bond donors (Lipinski definition) is 1. The maximum absolute atomic E-state index is 12.3. The summed E-state index contributed by atoms with van der Waals surface area (Å²) in [7, 11) is 0. The first-order chi connectivity index (χ1) is 9.70. The molecule has 0 spiro atoms. The zero-order valence-corrected chi connectivity index (χ0v) is 11.4. The van der Waals surface area contributed by atoms with Crippen LogP contribution >= 0.6 is 0 Å². The summed E-state index contributed by atoms with van der Waals surface area (Å²) in [6.45, 7) is 4.33. The van der Waals surface area contributed by atoms with Crippen molar-refractivity contribution in [1.82, 2.24) is 15.2 Å². The van der Waals surface area contributed by atoms with Gasteiger partial charge in [-0.1, -0.05) is 0 Å². The third-order valence-corrected chi connectivity index (χ3v) is 4.63. The first kappa shape index (κ1) is 11.9. The number of carbonyl (C=O) groups is 1. The lowest BCUT2D eigenvalue weighted by molar-refractivity contribution is 0.0914. The molecule has 2 saturated heterocycles. The fourth-order valence-electron chi connectivity index (χ4n) is 3.49. The van der Waals surface area contributed by atoms with Crippen molar-refractivity contribution in [2.45, 2.75) is 25.4 Å². The van der Waals surface area contributed by atoms with Gasteiger partial charge in [-0.2, -0.15) is 0 Å². The van der Waals surface area contributed by atoms with Crippen LogP contribution in [0.2, 0.25) is 0 Å². The van der Waals surface area contributed by atoms with Crippen LogP contribution in [0, 0.1) is 5.92 Å². The van der Waals surface area contributed by atoms with Crippen molar-refractivity contribution in [2.24, 2.45) is 5.92 Å². The second-order valence-corrected chi connectivity index (χ2v) is 5.91. The minimum absolute atomic E-state index is 0.0838. The van der Waals surface area contributed by atoms with Crippen LogP contribution in [-0.2, 0) is 0 Å². The van der Waals surface area contributed by atoms with Gasteiger partial charge in [0.1, 0.15) is 5.69 Å². The number of pyridine rings is 1. The highest BCUT2D eigenvalue weighted by atomic mass is 16.3. The highest BCUT2D eigenvalue weighted by Gasteiger charge is 2.42. The molecule has 4 atom stereocenters. The Hall–Kier alpha value is -1.88. The lowest BCUT2D eigenvalue weighted by Crippen LogP contribution is -2.45. The fourth-order valence-corrected chi connectivity index (χ4v) is 3.49. The lowest BCUT2D eigenvalue weighted by atomic mass is 9.96. The Balaban J connectivity index is 1.50. The molecule has 2 bridgehead atoms. The summed E-state index contributed by atoms with van der Waals surface area (Å²) in [6.07, 6.45) is 4.40. The molecule has 1 N–H and O–H groups in total. The van der Waals surface area contributed by atoms with E-state index in [0.717, 1.165) is 18.5 Å². The zero-order chi connectivity index (χ0) is 13.7. The summed E-state index contributed by atoms with van der Waals surface area (Å²) in [5.41, 5.74) is 1.17. The Kier molecular flexibility index (Phi) is 2.57. The van der Waals surface area contributed by atoms with E-state index < -0.39 is 0 Å². The Labute approximate surface area is 117 Å². The van der Waals surface area contributed by atoms with Gasteiger partial charge in [0.15, 0.2) is 5.58 Å². The molecule has 2 aliphatic rings. The maximum Gasteiger partial charge on any atom is 0.270 e. The molecule has 2 aromatic heterocycles. The highest BCUT2D eigenvalue weighted by Crippen LogP contribution is 2.32. The summed E-state index contributed by atoms with van der Waals surface area (Å²) in [4.78, 5) is 18.9. The van der Waals surface area contributed by atoms with Crippen molar-refractivity contribution in [1.29, 1.82) is 0 Å². The second-order valence-electron chi connectivity index (χ2n) is 5.91. The van der Waals surface area contributed by atoms with Gasteiger partial charge in [-0.3, -0.25) is 9.69 Å². The predicted octanol–water partition coefficient (Wildman–Crippen LogP) is 1.65. The summed E-state index contributed by atoms with van der Waals surface area (Å²) >= 11 is 0. The number of amides is 1. The van der Waals surface area contributed by atoms with E-state index in [-0.39, 0.29) is 11.9 Å². The van der Waals surface area contributed by atoms with Crippen LogP contribution in [0.1, 0.15) is 23.8 Å². The Bertz CT molecular complexity index is 664. The number of hydrogen-bond acceptors (Lipinski definition) is 4. The normalized spacial score (nSPS) is 31.9. The standard InChI is InChI=1S/C15H17N3O2/c1-9-4-11-7-18(9)8-13(11)17-15(19)12-5-10-2-3-20-14(10)6-16-12/h2-3,5-6,9,11,13H,4,7-8H2,1H3,(H,17,19). The molecule has 0 saturated carbocycles. The molecular formula is C15H17N3O2. The van der Waals surface area contributed by atoms with E-state index in [9.17, 15) is 4.79 Å². The summed E-state index contributed by atoms with van der Waals surface area (Å²) in [5, 5.41) is 4.04. The van der Waals surface area contributed by atoms with Gasteiger partial charge >= 0.3 is 0 Å². The molecular weight excluding hydrogens is 254 g/mol. The molecule has 4 heterocycles. The topological polar surface area (TPSA) is 58.4 Å². The van der Waals surface area contributed by atoms with E-state index in [1.807, 2.05) is 6.07 Å². The van der Waals surface area contributed by atoms with Crippen molar-refractivity contribution in [2.75, 3.05) is 13.1 Å². The number of rotatable bonds is 2. The van der Waals surface area contributed by atoms with Gasteiger partial charge in [0.05, 0.1) is 12.5 Å². The van der Waals surface area contributed by atoms with Gasteiger partial charge in [0, 0.05) is 30.6 Å². The lowest BCUT2D eigenvalue weighted by Gasteiger charge is -2.27. The van der Waals surface area contributed by atoms with Gasteiger partial charge < -0.3 is 9.73 Å². The Morgan fingerprint density at radius 3 is 3.15 bits per heavy atom. The minimum Gasteiger partial charge on any atom is -0.463 e. The third-order valence-electron chi connectivity index (χ3n) is 4.63. The first-order valence-electron chi connectivity index (χ1n) is 7.09. The van der Waals surface area contributed by atoms with Gasteiger partial charge in [-0.15, -0.1) is 0 Å². The van der Waals surface area contributed by atoms with Crippen LogP contribution in [0.25, 0.3) is 11.0 Å². The monoisotopic (exact) mass is 271 g/mol. The van der Waals surface area contributed by atoms with Gasteiger partial charge in [-0.05, 0) is 31.4 Å². The number of aromatic nitrogens is 1. The SMILES string of the molecule is CC1CC2CN1CC2NC(=O)c1cc2ccoc2cn1. The van der Waals surface area contributed by atoms with E-state index in [4.69, 9.17) is 4.42 Å². The molecule has 1 amide bonds. The fraction of sp³-hybridized carbons (Fsp3) is 0.467. The largest absolute Gasteiger partial charge is 0.463 e. The van der Waals surface area contributed by atoms with Crippen LogP contribution in [0.4, 0.5) is 0 Å². The Morgan fingerprint density at radius 1 is 1.50 bits per heavy atom. The number of piperidine rings is 1. The molecule has 4 unspecified atom stereocenters. The number of nitrogens with one attached hydrogen (secondary N) is 1. The Morgan fingerprint density at radius 2 is 2.40 bits per heavy atom. The number of carbonyl (C=O) groups excluding carboxylic acids is 1. The second kappa shape index (κ2) is 4.31. The van der Waals surface area contributed by atoms with Gasteiger partial charge in [0.2, 0.25) is 0 Å². The molecule has 0 radical (unpaired) electrons. The van der Waals surface area contributed by atoms with Crippen molar-refractivity contribution in [3.63, 3.8) is 0 Å². The van der Waals surface area contributed by atoms with Crippen LogP contribution in [0.15, 0.2) is 29.0 Å². The average molecular weight is 271 g/mol. The van der Waals surface area contributed by atoms with E-state index >= 15 is 0 Å². The van der Waals surface area contributed by atoms with Gasteiger partial charge in [0.25, 0.3) is 5.91 Å². The van der Waals surface area contributed by atoms with Crippen LogP contribution in [-0.4, -0.2) is 41.0 Å². The molecule has 0 aromatic carbocycles. The molecule has 2 aliphatic heterocycles. The van der Waals surface area contributed by atoms with Crippen LogP contribution < -0.4 is 5.32 Å². The summed E-state index contributed by atoms with van der Waals surface area (Å²) in [5.74, 6) is 0.506. The first-order valence-corrected chi connectivity index (χ1v) is 7.09. The van der Waals surface area contributed by atoms with Crippen molar-refractivity contribution in [3.05, 3.63) is 30.3 Å². The van der Waals surface area contributed by atoms with E-state index in [0.29, 0.717) is 23.2 Å². The predicted molar refractivity (Wildman–Crippen MR) is 74.4 cm³/mol. The highest BCUT2D eigenvalue weighted by molar-refractivity contribution is 5.95. The van der Waals surface area contributed by atoms with Crippen LogP contribution in [0.3, 0.4) is 0 Å². The molecule has 20 heavy (non-hydrogen) atoms. The molecule has 5 nitrogen and oxygen atoms in total. The zero-order valence-electron chi connectivity index (χ0n) is 11.4. The smallest absolute Gasteiger partial charge is 0.270 e. The molecule has 4 rings (SSSR count). The van der Waals surface area contributed by atoms with Crippen molar-refractivity contribution in [3.8, 4) is 0 Å². The maximum atomic E-state index is 12.3. The van der Waals surface area contributed by atoms with Crippen molar-refractivity contribution < 1.29 is 9.21 Å². The molecule has 0 aliphatic carbocycles. The molecule has 5 heteroatoms. The van der Waals surface area contributed by atoms with Crippen molar-refractivity contribution >= 4 is 16.9 Å². The van der Waals surface area contributed by atoms with Crippen LogP contribution in [0.5, 0.6) is 0 Å². The summed E-state index contributed by atoms with van der Waals surface area (Å²) < 4.78 is 5.24. The number of nitrogens with zero attached hydrogens (tertiary/aromatic N) is 2. The van der Waals surface area contributed by atoms with E-state index in [1.165, 1.54) is 6.42 Å². The minimum atomic E-state index is -0.0838. The summed E-state index contributed by atoms with van der Waals surface area (Å²) in [6, 6.07) is 4.55. The van der Waals surface area contributed by atoms with E-state index in [2.05, 4.69) is 22.1 Å². The molecule has 2 aromatic rings. The number of fused-ring (bicyclic) bond motifs is 3. The third kappa shape index (κ3) is 1.81. The van der Waals surface area contributed by atoms with Gasteiger partial charge in [-0.25, -0.2) is 4.98 Å². The average Bonchev–Trinajstić information content (AvgIpc) is 3.12. The number of furan rings is 1. The molecule has 2 fully saturated rings. The molecule has 104 valence electrons. The quantitative estimate of drug-likeness (QED) is 0.902. The van der Waals surface area contributed by atoms with E-state index in [1.54, 1.807) is 18.5 Å².